The van der Waals surface area contributed by atoms with E-state index < -0.39 is 11.4 Å². The Morgan fingerprint density at radius 1 is 0.606 bits per heavy atom. The Bertz CT molecular complexity index is 1250. The summed E-state index contributed by atoms with van der Waals surface area (Å²) >= 11 is 0. The molecule has 2 nitrogen and oxygen atoms in total. The van der Waals surface area contributed by atoms with E-state index in [1.165, 1.54) is 5.56 Å². The fourth-order valence-corrected chi connectivity index (χ4v) is 5.34. The van der Waals surface area contributed by atoms with Gasteiger partial charge in [0.1, 0.15) is 5.76 Å². The zero-order valence-electron chi connectivity index (χ0n) is 18.4. The third kappa shape index (κ3) is 3.48. The van der Waals surface area contributed by atoms with Crippen LogP contribution in [0.15, 0.2) is 127 Å². The van der Waals surface area contributed by atoms with E-state index in [1.807, 2.05) is 12.1 Å². The minimum absolute atomic E-state index is 0.294. The molecule has 2 aliphatic rings. The maximum atomic E-state index is 7.09. The van der Waals surface area contributed by atoms with Gasteiger partial charge >= 0.3 is 0 Å². The lowest BCUT2D eigenvalue weighted by Crippen LogP contribution is -2.41. The topological polar surface area (TPSA) is 18.5 Å². The van der Waals surface area contributed by atoms with Crippen LogP contribution in [0.2, 0.25) is 0 Å². The highest BCUT2D eigenvalue weighted by molar-refractivity contribution is 5.56. The van der Waals surface area contributed by atoms with Crippen LogP contribution in [-0.4, -0.2) is 0 Å². The molecule has 2 saturated heterocycles. The van der Waals surface area contributed by atoms with Crippen molar-refractivity contribution in [2.24, 2.45) is 0 Å². The highest BCUT2D eigenvalue weighted by Gasteiger charge is 2.62. The Kier molecular flexibility index (Phi) is 4.89. The van der Waals surface area contributed by atoms with Crippen molar-refractivity contribution >= 4 is 6.08 Å². The zero-order valence-corrected chi connectivity index (χ0v) is 18.4. The van der Waals surface area contributed by atoms with Gasteiger partial charge in [-0.25, -0.2) is 0 Å². The van der Waals surface area contributed by atoms with Crippen molar-refractivity contribution in [2.45, 2.75) is 30.1 Å². The molecular formula is C31H26O2. The first-order valence-corrected chi connectivity index (χ1v) is 11.6. The molecule has 4 aromatic rings. The summed E-state index contributed by atoms with van der Waals surface area (Å²) < 4.78 is 14.0. The second-order valence-corrected chi connectivity index (χ2v) is 8.95. The van der Waals surface area contributed by atoms with E-state index in [2.05, 4.69) is 115 Å². The van der Waals surface area contributed by atoms with Gasteiger partial charge in [0, 0.05) is 12.0 Å². The SMILES string of the molecule is C(=C1/O[C@@]2(c3ccccc3)C[C@H](c3ccccc3)C[C@]1(c1ccccc1)O2)/c1ccccc1. The summed E-state index contributed by atoms with van der Waals surface area (Å²) in [6.45, 7) is 0. The number of fused-ring (bicyclic) bond motifs is 2. The highest BCUT2D eigenvalue weighted by atomic mass is 16.8. The molecular weight excluding hydrogens is 404 g/mol. The molecule has 0 aromatic heterocycles. The van der Waals surface area contributed by atoms with E-state index in [-0.39, 0.29) is 0 Å². The van der Waals surface area contributed by atoms with E-state index in [9.17, 15) is 0 Å². The second-order valence-electron chi connectivity index (χ2n) is 8.95. The summed E-state index contributed by atoms with van der Waals surface area (Å²) in [5.74, 6) is 0.334. The molecule has 2 bridgehead atoms. The van der Waals surface area contributed by atoms with Crippen LogP contribution in [0.5, 0.6) is 0 Å². The first kappa shape index (κ1) is 20.0. The maximum Gasteiger partial charge on any atom is 0.238 e. The number of benzene rings is 4. The Morgan fingerprint density at radius 3 is 1.79 bits per heavy atom. The maximum absolute atomic E-state index is 7.09. The van der Waals surface area contributed by atoms with E-state index >= 15 is 0 Å². The molecule has 162 valence electrons. The smallest absolute Gasteiger partial charge is 0.238 e. The lowest BCUT2D eigenvalue weighted by atomic mass is 9.75. The van der Waals surface area contributed by atoms with E-state index in [0.29, 0.717) is 5.92 Å². The number of ether oxygens (including phenoxy) is 2. The average molecular weight is 431 g/mol. The fourth-order valence-electron chi connectivity index (χ4n) is 5.34. The van der Waals surface area contributed by atoms with Gasteiger partial charge in [0.15, 0.2) is 5.60 Å². The van der Waals surface area contributed by atoms with Crippen LogP contribution in [0, 0.1) is 0 Å². The quantitative estimate of drug-likeness (QED) is 0.336. The van der Waals surface area contributed by atoms with Gasteiger partial charge in [-0.3, -0.25) is 0 Å². The summed E-state index contributed by atoms with van der Waals surface area (Å²) in [6, 6.07) is 42.1. The van der Waals surface area contributed by atoms with Crippen LogP contribution in [-0.2, 0) is 20.9 Å². The van der Waals surface area contributed by atoms with Gasteiger partial charge < -0.3 is 9.47 Å². The number of hydrogen-bond acceptors (Lipinski definition) is 2. The lowest BCUT2D eigenvalue weighted by Gasteiger charge is -2.41. The van der Waals surface area contributed by atoms with Crippen LogP contribution in [0.25, 0.3) is 6.08 Å². The van der Waals surface area contributed by atoms with Gasteiger partial charge in [-0.1, -0.05) is 121 Å². The van der Waals surface area contributed by atoms with E-state index in [0.717, 1.165) is 35.3 Å². The number of hydrogen-bond donors (Lipinski definition) is 0. The van der Waals surface area contributed by atoms with Crippen LogP contribution in [0.3, 0.4) is 0 Å². The van der Waals surface area contributed by atoms with E-state index in [1.54, 1.807) is 0 Å². The number of rotatable bonds is 4. The fraction of sp³-hybridized carbons (Fsp3) is 0.161. The molecule has 2 heterocycles. The molecule has 6 rings (SSSR count). The van der Waals surface area contributed by atoms with Crippen molar-refractivity contribution in [2.75, 3.05) is 0 Å². The van der Waals surface area contributed by atoms with Crippen molar-refractivity contribution in [1.82, 2.24) is 0 Å². The van der Waals surface area contributed by atoms with Crippen molar-refractivity contribution in [3.8, 4) is 0 Å². The molecule has 2 heteroatoms. The minimum atomic E-state index is -0.837. The van der Waals surface area contributed by atoms with E-state index in [4.69, 9.17) is 9.47 Å². The van der Waals surface area contributed by atoms with Gasteiger partial charge in [0.25, 0.3) is 0 Å². The van der Waals surface area contributed by atoms with Gasteiger partial charge in [-0.15, -0.1) is 0 Å². The van der Waals surface area contributed by atoms with Crippen LogP contribution < -0.4 is 0 Å². The average Bonchev–Trinajstić information content (AvgIpc) is 3.13. The monoisotopic (exact) mass is 430 g/mol. The van der Waals surface area contributed by atoms with Crippen LogP contribution >= 0.6 is 0 Å². The predicted octanol–water partition coefficient (Wildman–Crippen LogP) is 7.40. The molecule has 2 aliphatic heterocycles. The molecule has 0 radical (unpaired) electrons. The Morgan fingerprint density at radius 2 is 1.15 bits per heavy atom. The Labute approximate surface area is 195 Å². The summed E-state index contributed by atoms with van der Waals surface area (Å²) in [6.07, 6.45) is 3.75. The molecule has 4 aromatic carbocycles. The zero-order chi connectivity index (χ0) is 22.1. The molecule has 0 unspecified atom stereocenters. The predicted molar refractivity (Wildman–Crippen MR) is 131 cm³/mol. The molecule has 3 atom stereocenters. The lowest BCUT2D eigenvalue weighted by molar-refractivity contribution is -0.228. The van der Waals surface area contributed by atoms with Crippen LogP contribution in [0.1, 0.15) is 41.0 Å². The van der Waals surface area contributed by atoms with Crippen LogP contribution in [0.4, 0.5) is 0 Å². The normalized spacial score (nSPS) is 27.3. The standard InChI is InChI=1S/C31H26O2/c1-5-13-24(14-6-1)21-29-30(27-17-9-3-10-18-27)22-26(25-15-7-2-8-16-25)23-31(32-29,33-30)28-19-11-4-12-20-28/h1-21,26H,22-23H2/b29-21-/t26-,30-,31+/m1/s1. The van der Waals surface area contributed by atoms with Crippen molar-refractivity contribution in [3.05, 3.63) is 149 Å². The first-order chi connectivity index (χ1) is 16.3. The van der Waals surface area contributed by atoms with Crippen molar-refractivity contribution < 1.29 is 9.47 Å². The van der Waals surface area contributed by atoms with Gasteiger partial charge in [0.05, 0.1) is 0 Å². The molecule has 2 fully saturated rings. The third-order valence-corrected chi connectivity index (χ3v) is 6.88. The molecule has 0 saturated carbocycles. The third-order valence-electron chi connectivity index (χ3n) is 6.88. The second kappa shape index (κ2) is 8.06. The van der Waals surface area contributed by atoms with Gasteiger partial charge in [0.2, 0.25) is 5.79 Å². The van der Waals surface area contributed by atoms with Crippen molar-refractivity contribution in [1.29, 1.82) is 0 Å². The largest absolute Gasteiger partial charge is 0.459 e. The summed E-state index contributed by atoms with van der Waals surface area (Å²) in [4.78, 5) is 0. The van der Waals surface area contributed by atoms with Gasteiger partial charge in [-0.05, 0) is 35.1 Å². The Balaban J connectivity index is 1.57. The molecule has 0 spiro atoms. The molecule has 33 heavy (non-hydrogen) atoms. The molecule has 0 N–H and O–H groups in total. The highest BCUT2D eigenvalue weighted by Crippen LogP contribution is 2.62. The molecule has 0 aliphatic carbocycles. The summed E-state index contributed by atoms with van der Waals surface area (Å²) in [5, 5.41) is 0. The molecule has 0 amide bonds. The summed E-state index contributed by atoms with van der Waals surface area (Å²) in [7, 11) is 0. The first-order valence-electron chi connectivity index (χ1n) is 11.6. The Hall–Kier alpha value is -3.62. The minimum Gasteiger partial charge on any atom is -0.459 e. The van der Waals surface area contributed by atoms with Gasteiger partial charge in [-0.2, -0.15) is 0 Å². The summed E-state index contributed by atoms with van der Waals surface area (Å²) in [5.41, 5.74) is 3.96. The van der Waals surface area contributed by atoms with Crippen molar-refractivity contribution in [3.63, 3.8) is 0 Å².